The first kappa shape index (κ1) is 14.0. The Morgan fingerprint density at radius 3 is 2.82 bits per heavy atom. The molecule has 94 valence electrons. The summed E-state index contributed by atoms with van der Waals surface area (Å²) in [7, 11) is 1.41. The van der Waals surface area contributed by atoms with Crippen LogP contribution in [0.15, 0.2) is 22.7 Å². The molecule has 1 aromatic carbocycles. The molecule has 0 unspecified atom stereocenters. The van der Waals surface area contributed by atoms with Crippen LogP contribution in [0, 0.1) is 6.92 Å². The molecule has 1 rings (SSSR count). The third kappa shape index (κ3) is 4.77. The molecule has 0 aromatic heterocycles. The zero-order valence-corrected chi connectivity index (χ0v) is 11.7. The van der Waals surface area contributed by atoms with Gasteiger partial charge in [0.15, 0.2) is 0 Å². The van der Waals surface area contributed by atoms with Crippen molar-refractivity contribution in [2.75, 3.05) is 13.7 Å². The zero-order chi connectivity index (χ0) is 12.7. The van der Waals surface area contributed by atoms with E-state index in [-0.39, 0.29) is 5.97 Å². The molecule has 1 aromatic rings. The van der Waals surface area contributed by atoms with Crippen LogP contribution in [0.3, 0.4) is 0 Å². The third-order valence-electron chi connectivity index (χ3n) is 2.48. The highest BCUT2D eigenvalue weighted by Crippen LogP contribution is 2.25. The quantitative estimate of drug-likeness (QED) is 0.596. The summed E-state index contributed by atoms with van der Waals surface area (Å²) < 4.78 is 11.3. The van der Waals surface area contributed by atoms with Gasteiger partial charge in [-0.2, -0.15) is 0 Å². The SMILES string of the molecule is COC(=O)CCCCOc1cccc(Br)c1C. The minimum atomic E-state index is -0.163. The van der Waals surface area contributed by atoms with Gasteiger partial charge in [-0.15, -0.1) is 0 Å². The Labute approximate surface area is 110 Å². The Kier molecular flexibility index (Phi) is 6.05. The van der Waals surface area contributed by atoms with Crippen molar-refractivity contribution >= 4 is 21.9 Å². The molecule has 0 spiro atoms. The smallest absolute Gasteiger partial charge is 0.305 e. The van der Waals surface area contributed by atoms with Crippen LogP contribution in [0.2, 0.25) is 0 Å². The molecule has 0 atom stereocenters. The maximum atomic E-state index is 10.9. The lowest BCUT2D eigenvalue weighted by Crippen LogP contribution is -2.03. The molecule has 0 bridgehead atoms. The maximum Gasteiger partial charge on any atom is 0.305 e. The highest BCUT2D eigenvalue weighted by Gasteiger charge is 2.03. The minimum Gasteiger partial charge on any atom is -0.493 e. The number of ether oxygens (including phenoxy) is 2. The summed E-state index contributed by atoms with van der Waals surface area (Å²) in [6, 6.07) is 5.88. The first-order valence-corrected chi connectivity index (χ1v) is 6.39. The van der Waals surface area contributed by atoms with E-state index in [4.69, 9.17) is 4.74 Å². The van der Waals surface area contributed by atoms with E-state index in [0.29, 0.717) is 13.0 Å². The van der Waals surface area contributed by atoms with Gasteiger partial charge in [0.1, 0.15) is 5.75 Å². The number of benzene rings is 1. The van der Waals surface area contributed by atoms with Crippen molar-refractivity contribution in [1.29, 1.82) is 0 Å². The van der Waals surface area contributed by atoms with Crippen LogP contribution in [0.1, 0.15) is 24.8 Å². The number of esters is 1. The van der Waals surface area contributed by atoms with Crippen molar-refractivity contribution in [1.82, 2.24) is 0 Å². The number of hydrogen-bond acceptors (Lipinski definition) is 3. The van der Waals surface area contributed by atoms with Gasteiger partial charge >= 0.3 is 5.97 Å². The number of rotatable bonds is 6. The lowest BCUT2D eigenvalue weighted by molar-refractivity contribution is -0.140. The standard InChI is InChI=1S/C13H17BrO3/c1-10-11(14)6-5-7-12(10)17-9-4-3-8-13(15)16-2/h5-7H,3-4,8-9H2,1-2H3. The van der Waals surface area contributed by atoms with Gasteiger partial charge in [-0.1, -0.05) is 22.0 Å². The highest BCUT2D eigenvalue weighted by molar-refractivity contribution is 9.10. The summed E-state index contributed by atoms with van der Waals surface area (Å²) in [6.07, 6.45) is 2.10. The van der Waals surface area contributed by atoms with Crippen LogP contribution in [-0.2, 0) is 9.53 Å². The summed E-state index contributed by atoms with van der Waals surface area (Å²) in [4.78, 5) is 10.9. The molecule has 0 amide bonds. The monoisotopic (exact) mass is 300 g/mol. The number of unbranched alkanes of at least 4 members (excludes halogenated alkanes) is 1. The highest BCUT2D eigenvalue weighted by atomic mass is 79.9. The average molecular weight is 301 g/mol. The molecule has 0 aliphatic rings. The Hall–Kier alpha value is -1.03. The van der Waals surface area contributed by atoms with Crippen LogP contribution < -0.4 is 4.74 Å². The van der Waals surface area contributed by atoms with E-state index in [0.717, 1.165) is 28.6 Å². The summed E-state index contributed by atoms with van der Waals surface area (Å²) in [5.74, 6) is 0.723. The second kappa shape index (κ2) is 7.33. The van der Waals surface area contributed by atoms with Gasteiger partial charge in [-0.25, -0.2) is 0 Å². The molecule has 0 aliphatic heterocycles. The van der Waals surface area contributed by atoms with Crippen molar-refractivity contribution in [2.45, 2.75) is 26.2 Å². The van der Waals surface area contributed by atoms with Gasteiger partial charge in [-0.05, 0) is 31.9 Å². The average Bonchev–Trinajstić information content (AvgIpc) is 2.33. The van der Waals surface area contributed by atoms with Gasteiger partial charge in [-0.3, -0.25) is 4.79 Å². The fourth-order valence-electron chi connectivity index (χ4n) is 1.40. The molecular formula is C13H17BrO3. The Morgan fingerprint density at radius 2 is 2.12 bits per heavy atom. The first-order valence-electron chi connectivity index (χ1n) is 5.60. The number of hydrogen-bond donors (Lipinski definition) is 0. The van der Waals surface area contributed by atoms with Crippen LogP contribution in [0.25, 0.3) is 0 Å². The second-order valence-electron chi connectivity index (χ2n) is 3.74. The van der Waals surface area contributed by atoms with Gasteiger partial charge < -0.3 is 9.47 Å². The van der Waals surface area contributed by atoms with Gasteiger partial charge in [0.05, 0.1) is 13.7 Å². The molecular weight excluding hydrogens is 284 g/mol. The molecule has 0 fully saturated rings. The van der Waals surface area contributed by atoms with Crippen molar-refractivity contribution < 1.29 is 14.3 Å². The van der Waals surface area contributed by atoms with Crippen LogP contribution in [0.5, 0.6) is 5.75 Å². The molecule has 0 N–H and O–H groups in total. The summed E-state index contributed by atoms with van der Waals surface area (Å²) in [6.45, 7) is 2.63. The summed E-state index contributed by atoms with van der Waals surface area (Å²) in [5.41, 5.74) is 1.10. The van der Waals surface area contributed by atoms with E-state index < -0.39 is 0 Å². The summed E-state index contributed by atoms with van der Waals surface area (Å²) in [5, 5.41) is 0. The Bertz CT molecular complexity index is 377. The van der Waals surface area contributed by atoms with Crippen molar-refractivity contribution in [3.63, 3.8) is 0 Å². The number of carbonyl (C=O) groups excluding carboxylic acids is 1. The lowest BCUT2D eigenvalue weighted by Gasteiger charge is -2.09. The normalized spacial score (nSPS) is 10.1. The van der Waals surface area contributed by atoms with E-state index in [1.807, 2.05) is 25.1 Å². The fraction of sp³-hybridized carbons (Fsp3) is 0.462. The molecule has 4 heteroatoms. The van der Waals surface area contributed by atoms with Crippen LogP contribution in [0.4, 0.5) is 0 Å². The van der Waals surface area contributed by atoms with Gasteiger partial charge in [0.25, 0.3) is 0 Å². The number of carbonyl (C=O) groups is 1. The molecule has 3 nitrogen and oxygen atoms in total. The molecule has 0 heterocycles. The van der Waals surface area contributed by atoms with Gasteiger partial charge in [0, 0.05) is 16.5 Å². The largest absolute Gasteiger partial charge is 0.493 e. The van der Waals surface area contributed by atoms with Crippen molar-refractivity contribution in [3.8, 4) is 5.75 Å². The Morgan fingerprint density at radius 1 is 1.35 bits per heavy atom. The van der Waals surface area contributed by atoms with E-state index in [2.05, 4.69) is 20.7 Å². The van der Waals surface area contributed by atoms with E-state index >= 15 is 0 Å². The molecule has 0 saturated carbocycles. The van der Waals surface area contributed by atoms with Crippen LogP contribution >= 0.6 is 15.9 Å². The van der Waals surface area contributed by atoms with Crippen molar-refractivity contribution in [3.05, 3.63) is 28.2 Å². The molecule has 0 radical (unpaired) electrons. The van der Waals surface area contributed by atoms with E-state index in [1.165, 1.54) is 7.11 Å². The molecule has 0 saturated heterocycles. The minimum absolute atomic E-state index is 0.163. The topological polar surface area (TPSA) is 35.5 Å². The maximum absolute atomic E-state index is 10.9. The number of halogens is 1. The first-order chi connectivity index (χ1) is 8.15. The zero-order valence-electron chi connectivity index (χ0n) is 10.2. The fourth-order valence-corrected chi connectivity index (χ4v) is 1.75. The second-order valence-corrected chi connectivity index (χ2v) is 4.60. The van der Waals surface area contributed by atoms with Crippen LogP contribution in [-0.4, -0.2) is 19.7 Å². The summed E-state index contributed by atoms with van der Waals surface area (Å²) >= 11 is 3.46. The predicted octanol–water partition coefficient (Wildman–Crippen LogP) is 3.48. The third-order valence-corrected chi connectivity index (χ3v) is 3.34. The predicted molar refractivity (Wildman–Crippen MR) is 70.2 cm³/mol. The Balaban J connectivity index is 2.27. The molecule has 0 aliphatic carbocycles. The van der Waals surface area contributed by atoms with Crippen molar-refractivity contribution in [2.24, 2.45) is 0 Å². The van der Waals surface area contributed by atoms with Gasteiger partial charge in [0.2, 0.25) is 0 Å². The van der Waals surface area contributed by atoms with E-state index in [1.54, 1.807) is 0 Å². The lowest BCUT2D eigenvalue weighted by atomic mass is 10.2. The number of methoxy groups -OCH3 is 1. The molecule has 17 heavy (non-hydrogen) atoms. The van der Waals surface area contributed by atoms with E-state index in [9.17, 15) is 4.79 Å².